The minimum Gasteiger partial charge on any atom is -0.330 e. The smallest absolute Gasteiger partial charge is 0.0178 e. The summed E-state index contributed by atoms with van der Waals surface area (Å²) in [5, 5.41) is 0. The van der Waals surface area contributed by atoms with E-state index >= 15 is 0 Å². The van der Waals surface area contributed by atoms with E-state index in [0.29, 0.717) is 6.54 Å². The summed E-state index contributed by atoms with van der Waals surface area (Å²) in [4.78, 5) is 0. The second-order valence-corrected chi connectivity index (χ2v) is 8.92. The summed E-state index contributed by atoms with van der Waals surface area (Å²) in [5.74, 6) is 0. The van der Waals surface area contributed by atoms with Gasteiger partial charge in [-0.2, -0.15) is 0 Å². The van der Waals surface area contributed by atoms with Gasteiger partial charge < -0.3 is 17.2 Å². The molecule has 0 spiro atoms. The van der Waals surface area contributed by atoms with Crippen LogP contribution in [0.2, 0.25) is 0 Å². The third-order valence-electron chi connectivity index (χ3n) is 5.69. The van der Waals surface area contributed by atoms with Gasteiger partial charge in [0.25, 0.3) is 0 Å². The second kappa shape index (κ2) is 32.3. The van der Waals surface area contributed by atoms with Crippen LogP contribution in [0.3, 0.4) is 0 Å². The molecule has 0 saturated heterocycles. The molecule has 0 unspecified atom stereocenters. The summed E-state index contributed by atoms with van der Waals surface area (Å²) in [6.45, 7) is 6.78. The summed E-state index contributed by atoms with van der Waals surface area (Å²) in [6.07, 6.45) is 25.2. The van der Waals surface area contributed by atoms with E-state index in [0.717, 1.165) is 13.1 Å². The molecule has 0 heterocycles. The van der Waals surface area contributed by atoms with E-state index in [9.17, 15) is 0 Å². The minimum absolute atomic E-state index is 0.640. The Balaban J connectivity index is 0. The molecule has 1 rings (SSSR count). The molecule has 3 heteroatoms. The highest BCUT2D eigenvalue weighted by molar-refractivity contribution is 5.13. The van der Waals surface area contributed by atoms with Crippen LogP contribution in [0.1, 0.15) is 135 Å². The van der Waals surface area contributed by atoms with Crippen LogP contribution in [-0.4, -0.2) is 13.1 Å². The Morgan fingerprint density at radius 1 is 0.438 bits per heavy atom. The zero-order valence-electron chi connectivity index (χ0n) is 22.0. The summed E-state index contributed by atoms with van der Waals surface area (Å²) >= 11 is 0. The summed E-state index contributed by atoms with van der Waals surface area (Å²) < 4.78 is 0. The van der Waals surface area contributed by atoms with Crippen LogP contribution in [0.15, 0.2) is 30.3 Å². The highest BCUT2D eigenvalue weighted by Crippen LogP contribution is 2.13. The topological polar surface area (TPSA) is 78.1 Å². The molecule has 0 amide bonds. The van der Waals surface area contributed by atoms with Gasteiger partial charge in [-0.15, -0.1) is 0 Å². The van der Waals surface area contributed by atoms with Gasteiger partial charge in [-0.1, -0.05) is 147 Å². The van der Waals surface area contributed by atoms with Crippen molar-refractivity contribution in [3.63, 3.8) is 0 Å². The Bertz CT molecular complexity index is 390. The van der Waals surface area contributed by atoms with E-state index in [-0.39, 0.29) is 0 Å². The monoisotopic (exact) mass is 449 g/mol. The van der Waals surface area contributed by atoms with Gasteiger partial charge in [-0.25, -0.2) is 0 Å². The lowest BCUT2D eigenvalue weighted by molar-refractivity contribution is 0.530. The van der Waals surface area contributed by atoms with Crippen LogP contribution in [0.4, 0.5) is 0 Å². The van der Waals surface area contributed by atoms with Crippen LogP contribution in [0.25, 0.3) is 0 Å². The van der Waals surface area contributed by atoms with E-state index < -0.39 is 0 Å². The Morgan fingerprint density at radius 2 is 0.781 bits per heavy atom. The number of hydrogen-bond donors (Lipinski definition) is 3. The Kier molecular flexibility index (Phi) is 33.6. The molecule has 0 atom stereocenters. The predicted octanol–water partition coefficient (Wildman–Crippen LogP) is 8.10. The second-order valence-electron chi connectivity index (χ2n) is 8.92. The van der Waals surface area contributed by atoms with Gasteiger partial charge in [0.1, 0.15) is 0 Å². The van der Waals surface area contributed by atoms with Gasteiger partial charge in [-0.3, -0.25) is 0 Å². The molecule has 1 aromatic rings. The molecule has 0 radical (unpaired) electrons. The summed E-state index contributed by atoms with van der Waals surface area (Å²) in [5.41, 5.74) is 17.2. The van der Waals surface area contributed by atoms with Crippen molar-refractivity contribution in [2.45, 2.75) is 136 Å². The number of nitrogens with two attached hydrogens (primary N) is 3. The zero-order chi connectivity index (χ0) is 24.0. The molecule has 32 heavy (non-hydrogen) atoms. The maximum atomic E-state index is 5.48. The van der Waals surface area contributed by atoms with E-state index in [1.807, 2.05) is 30.3 Å². The fraction of sp³-hybridized carbons (Fsp3) is 0.793. The SMILES string of the molecule is CCCCCCCCCCCCCCCCCCN.CCCCN.NCc1ccccc1. The normalized spacial score (nSPS) is 10.2. The lowest BCUT2D eigenvalue weighted by Crippen LogP contribution is -1.97. The number of benzene rings is 1. The van der Waals surface area contributed by atoms with Gasteiger partial charge in [-0.05, 0) is 31.5 Å². The molecule has 0 aliphatic rings. The Morgan fingerprint density at radius 3 is 1.03 bits per heavy atom. The molecule has 0 aromatic heterocycles. The van der Waals surface area contributed by atoms with Gasteiger partial charge in [0, 0.05) is 6.54 Å². The number of unbranched alkanes of at least 4 members (excludes halogenated alkanes) is 16. The van der Waals surface area contributed by atoms with Crippen molar-refractivity contribution < 1.29 is 0 Å². The highest BCUT2D eigenvalue weighted by Gasteiger charge is 1.94. The molecule has 0 aliphatic carbocycles. The standard InChI is InChI=1S/C18H39N.C7H9N.C4H11N/c1-2-3-4-5-6-7-8-9-10-11-12-13-14-15-16-17-18-19;8-6-7-4-2-1-3-5-7;1-2-3-4-5/h2-19H2,1H3;1-5H,6,8H2;2-5H2,1H3. The molecule has 0 saturated carbocycles. The fourth-order valence-corrected chi connectivity index (χ4v) is 3.51. The molecular weight excluding hydrogens is 390 g/mol. The predicted molar refractivity (Wildman–Crippen MR) is 147 cm³/mol. The Hall–Kier alpha value is -0.900. The first kappa shape index (κ1) is 33.3. The van der Waals surface area contributed by atoms with Gasteiger partial charge in [0.2, 0.25) is 0 Å². The van der Waals surface area contributed by atoms with Crippen molar-refractivity contribution in [2.75, 3.05) is 13.1 Å². The van der Waals surface area contributed by atoms with Crippen molar-refractivity contribution in [3.05, 3.63) is 35.9 Å². The molecule has 190 valence electrons. The maximum absolute atomic E-state index is 5.48. The molecule has 0 aliphatic heterocycles. The van der Waals surface area contributed by atoms with Crippen molar-refractivity contribution in [2.24, 2.45) is 17.2 Å². The molecule has 6 N–H and O–H groups in total. The van der Waals surface area contributed by atoms with Crippen LogP contribution in [0.5, 0.6) is 0 Å². The first-order valence-corrected chi connectivity index (χ1v) is 13.9. The molecule has 0 bridgehead atoms. The van der Waals surface area contributed by atoms with E-state index in [1.54, 1.807) is 0 Å². The van der Waals surface area contributed by atoms with Gasteiger partial charge >= 0.3 is 0 Å². The van der Waals surface area contributed by atoms with Gasteiger partial charge in [0.05, 0.1) is 0 Å². The minimum atomic E-state index is 0.640. The summed E-state index contributed by atoms with van der Waals surface area (Å²) in [7, 11) is 0. The Labute approximate surface area is 202 Å². The third kappa shape index (κ3) is 31.3. The molecule has 3 nitrogen and oxygen atoms in total. The van der Waals surface area contributed by atoms with Crippen LogP contribution < -0.4 is 17.2 Å². The molecule has 1 aromatic carbocycles. The van der Waals surface area contributed by atoms with Crippen molar-refractivity contribution >= 4 is 0 Å². The fourth-order valence-electron chi connectivity index (χ4n) is 3.51. The van der Waals surface area contributed by atoms with E-state index in [4.69, 9.17) is 17.2 Å². The van der Waals surface area contributed by atoms with Crippen LogP contribution in [-0.2, 0) is 6.54 Å². The quantitative estimate of drug-likeness (QED) is 0.187. The molecular formula is C29H59N3. The summed E-state index contributed by atoms with van der Waals surface area (Å²) in [6, 6.07) is 9.99. The van der Waals surface area contributed by atoms with E-state index in [2.05, 4.69) is 13.8 Å². The van der Waals surface area contributed by atoms with Crippen molar-refractivity contribution in [1.29, 1.82) is 0 Å². The lowest BCUT2D eigenvalue weighted by atomic mass is 10.0. The average molecular weight is 450 g/mol. The van der Waals surface area contributed by atoms with Crippen molar-refractivity contribution in [3.8, 4) is 0 Å². The first-order valence-electron chi connectivity index (χ1n) is 13.9. The maximum Gasteiger partial charge on any atom is 0.0178 e. The van der Waals surface area contributed by atoms with Gasteiger partial charge in [0.15, 0.2) is 0 Å². The number of rotatable bonds is 19. The van der Waals surface area contributed by atoms with Crippen LogP contribution in [0, 0.1) is 0 Å². The zero-order valence-corrected chi connectivity index (χ0v) is 22.0. The average Bonchev–Trinajstić information content (AvgIpc) is 2.83. The molecule has 0 fully saturated rings. The highest BCUT2D eigenvalue weighted by atomic mass is 14.5. The first-order chi connectivity index (χ1) is 15.8. The van der Waals surface area contributed by atoms with E-state index in [1.165, 1.54) is 121 Å². The third-order valence-corrected chi connectivity index (χ3v) is 5.69. The van der Waals surface area contributed by atoms with Crippen molar-refractivity contribution in [1.82, 2.24) is 0 Å². The number of hydrogen-bond acceptors (Lipinski definition) is 3. The van der Waals surface area contributed by atoms with Crippen LogP contribution >= 0.6 is 0 Å². The largest absolute Gasteiger partial charge is 0.330 e. The lowest BCUT2D eigenvalue weighted by Gasteiger charge is -2.03.